The molecular formula is C21H20N4O4. The molecule has 0 aliphatic rings. The number of carbonyl (C=O) groups is 2. The minimum Gasteiger partial charge on any atom is -0.443 e. The average Bonchev–Trinajstić information content (AvgIpc) is 2.75. The first-order valence-corrected chi connectivity index (χ1v) is 8.88. The smallest absolute Gasteiger partial charge is 0.412 e. The number of hydrogen-bond donors (Lipinski definition) is 2. The van der Waals surface area contributed by atoms with Crippen LogP contribution in [0, 0.1) is 6.92 Å². The Morgan fingerprint density at radius 3 is 1.97 bits per heavy atom. The van der Waals surface area contributed by atoms with Crippen molar-refractivity contribution in [1.82, 2.24) is 9.97 Å². The largest absolute Gasteiger partial charge is 0.443 e. The molecule has 8 nitrogen and oxygen atoms in total. The Hall–Kier alpha value is -3.94. The van der Waals surface area contributed by atoms with Crippen LogP contribution in [-0.2, 0) is 22.7 Å². The van der Waals surface area contributed by atoms with E-state index in [9.17, 15) is 9.59 Å². The Morgan fingerprint density at radius 2 is 1.41 bits per heavy atom. The summed E-state index contributed by atoms with van der Waals surface area (Å²) in [6, 6.07) is 15.8. The predicted octanol–water partition coefficient (Wildman–Crippen LogP) is 4.28. The van der Waals surface area contributed by atoms with Gasteiger partial charge >= 0.3 is 12.2 Å². The van der Waals surface area contributed by atoms with E-state index in [0.717, 1.165) is 5.56 Å². The first-order chi connectivity index (χ1) is 14.1. The molecule has 8 heteroatoms. The Labute approximate surface area is 167 Å². The molecule has 0 spiro atoms. The molecule has 0 aliphatic carbocycles. The summed E-state index contributed by atoms with van der Waals surface area (Å²) < 4.78 is 10.3. The van der Waals surface area contributed by atoms with Gasteiger partial charge in [0.05, 0.1) is 11.4 Å². The van der Waals surface area contributed by atoms with Gasteiger partial charge in [0.1, 0.15) is 13.2 Å². The predicted molar refractivity (Wildman–Crippen MR) is 107 cm³/mol. The molecule has 2 aromatic heterocycles. The third-order valence-corrected chi connectivity index (χ3v) is 3.88. The maximum atomic E-state index is 12.1. The quantitative estimate of drug-likeness (QED) is 0.649. The number of benzene rings is 1. The van der Waals surface area contributed by atoms with Crippen molar-refractivity contribution in [2.24, 2.45) is 0 Å². The minimum absolute atomic E-state index is 0.0590. The molecule has 0 saturated heterocycles. The number of amides is 2. The van der Waals surface area contributed by atoms with Crippen molar-refractivity contribution in [2.75, 3.05) is 10.6 Å². The van der Waals surface area contributed by atoms with Gasteiger partial charge in [0, 0.05) is 23.8 Å². The number of carbonyl (C=O) groups excluding carboxylic acids is 2. The van der Waals surface area contributed by atoms with Crippen LogP contribution >= 0.6 is 0 Å². The second-order valence-electron chi connectivity index (χ2n) is 6.07. The number of nitrogens with one attached hydrogen (secondary N) is 2. The van der Waals surface area contributed by atoms with E-state index in [2.05, 4.69) is 20.6 Å². The lowest BCUT2D eigenvalue weighted by Gasteiger charge is -2.12. The van der Waals surface area contributed by atoms with Crippen LogP contribution < -0.4 is 10.6 Å². The van der Waals surface area contributed by atoms with Crippen molar-refractivity contribution in [2.45, 2.75) is 20.1 Å². The summed E-state index contributed by atoms with van der Waals surface area (Å²) in [6.45, 7) is 1.95. The summed E-state index contributed by atoms with van der Waals surface area (Å²) in [5.41, 5.74) is 3.09. The summed E-state index contributed by atoms with van der Waals surface area (Å²) in [4.78, 5) is 32.2. The normalized spacial score (nSPS) is 10.1. The second-order valence-corrected chi connectivity index (χ2v) is 6.07. The Morgan fingerprint density at radius 1 is 0.828 bits per heavy atom. The fraction of sp³-hybridized carbons (Fsp3) is 0.143. The zero-order valence-electron chi connectivity index (χ0n) is 15.8. The summed E-state index contributed by atoms with van der Waals surface area (Å²) >= 11 is 0. The van der Waals surface area contributed by atoms with Gasteiger partial charge in [0.2, 0.25) is 0 Å². The monoisotopic (exact) mass is 392 g/mol. The van der Waals surface area contributed by atoms with Gasteiger partial charge in [-0.2, -0.15) is 0 Å². The van der Waals surface area contributed by atoms with Crippen LogP contribution in [0.3, 0.4) is 0 Å². The highest BCUT2D eigenvalue weighted by Gasteiger charge is 2.10. The van der Waals surface area contributed by atoms with E-state index in [0.29, 0.717) is 22.8 Å². The van der Waals surface area contributed by atoms with E-state index in [4.69, 9.17) is 9.47 Å². The zero-order valence-corrected chi connectivity index (χ0v) is 15.8. The van der Waals surface area contributed by atoms with Crippen LogP contribution in [0.1, 0.15) is 17.0 Å². The lowest BCUT2D eigenvalue weighted by atomic mass is 10.2. The standard InChI is InChI=1S/C21H20N4O4/c1-15-8-9-16(24-20(26)28-13-17-6-2-4-10-22-17)12-19(15)25-21(27)29-14-18-7-3-5-11-23-18/h2-12H,13-14H2,1H3,(H,24,26)(H,25,27). The molecule has 0 fully saturated rings. The van der Waals surface area contributed by atoms with Gasteiger partial charge < -0.3 is 9.47 Å². The van der Waals surface area contributed by atoms with Gasteiger partial charge in [0.25, 0.3) is 0 Å². The molecule has 0 aliphatic heterocycles. The van der Waals surface area contributed by atoms with Gasteiger partial charge in [0.15, 0.2) is 0 Å². The molecule has 1 aromatic carbocycles. The highest BCUT2D eigenvalue weighted by atomic mass is 16.6. The van der Waals surface area contributed by atoms with E-state index in [1.54, 1.807) is 54.9 Å². The average molecular weight is 392 g/mol. The first kappa shape index (κ1) is 19.8. The number of nitrogens with zero attached hydrogens (tertiary/aromatic N) is 2. The molecule has 0 saturated carbocycles. The molecule has 3 aromatic rings. The first-order valence-electron chi connectivity index (χ1n) is 8.88. The van der Waals surface area contributed by atoms with Gasteiger partial charge in [-0.3, -0.25) is 20.6 Å². The summed E-state index contributed by atoms with van der Waals surface area (Å²) in [5, 5.41) is 5.28. The number of anilines is 2. The van der Waals surface area contributed by atoms with Crippen LogP contribution in [0.15, 0.2) is 67.0 Å². The third-order valence-electron chi connectivity index (χ3n) is 3.88. The second kappa shape index (κ2) is 9.84. The van der Waals surface area contributed by atoms with Gasteiger partial charge in [-0.15, -0.1) is 0 Å². The number of aromatic nitrogens is 2. The van der Waals surface area contributed by atoms with Crippen molar-refractivity contribution in [3.63, 3.8) is 0 Å². The van der Waals surface area contributed by atoms with E-state index in [1.807, 2.05) is 19.1 Å². The molecule has 0 atom stereocenters. The van der Waals surface area contributed by atoms with Gasteiger partial charge in [-0.1, -0.05) is 18.2 Å². The maximum Gasteiger partial charge on any atom is 0.412 e. The van der Waals surface area contributed by atoms with Crippen molar-refractivity contribution in [1.29, 1.82) is 0 Å². The van der Waals surface area contributed by atoms with Crippen LogP contribution in [0.4, 0.5) is 21.0 Å². The lowest BCUT2D eigenvalue weighted by molar-refractivity contribution is 0.153. The van der Waals surface area contributed by atoms with Crippen LogP contribution in [0.25, 0.3) is 0 Å². The molecule has 0 radical (unpaired) electrons. The fourth-order valence-electron chi connectivity index (χ4n) is 2.38. The van der Waals surface area contributed by atoms with Crippen LogP contribution in [0.5, 0.6) is 0 Å². The topological polar surface area (TPSA) is 102 Å². The van der Waals surface area contributed by atoms with Crippen molar-refractivity contribution in [3.05, 3.63) is 83.9 Å². The number of aryl methyl sites for hydroxylation is 1. The molecular weight excluding hydrogens is 372 g/mol. The molecule has 29 heavy (non-hydrogen) atoms. The minimum atomic E-state index is -0.622. The van der Waals surface area contributed by atoms with E-state index in [-0.39, 0.29) is 13.2 Å². The Balaban J connectivity index is 1.53. The third kappa shape index (κ3) is 6.31. The van der Waals surface area contributed by atoms with Crippen LogP contribution in [-0.4, -0.2) is 22.2 Å². The van der Waals surface area contributed by atoms with Crippen molar-refractivity contribution >= 4 is 23.6 Å². The summed E-state index contributed by atoms with van der Waals surface area (Å²) in [5.74, 6) is 0. The fourth-order valence-corrected chi connectivity index (χ4v) is 2.38. The lowest BCUT2D eigenvalue weighted by Crippen LogP contribution is -2.16. The molecule has 3 rings (SSSR count). The molecule has 148 valence electrons. The Kier molecular flexibility index (Phi) is 6.72. The number of rotatable bonds is 6. The SMILES string of the molecule is Cc1ccc(NC(=O)OCc2ccccn2)cc1NC(=O)OCc1ccccn1. The van der Waals surface area contributed by atoms with Gasteiger partial charge in [-0.05, 0) is 48.9 Å². The molecule has 0 unspecified atom stereocenters. The number of ether oxygens (including phenoxy) is 2. The number of hydrogen-bond acceptors (Lipinski definition) is 6. The molecule has 2 amide bonds. The maximum absolute atomic E-state index is 12.1. The highest BCUT2D eigenvalue weighted by molar-refractivity contribution is 5.89. The van der Waals surface area contributed by atoms with Gasteiger partial charge in [-0.25, -0.2) is 9.59 Å². The summed E-state index contributed by atoms with van der Waals surface area (Å²) in [6.07, 6.45) is 2.02. The number of pyridine rings is 2. The molecule has 0 bridgehead atoms. The van der Waals surface area contributed by atoms with E-state index in [1.165, 1.54) is 0 Å². The van der Waals surface area contributed by atoms with Crippen molar-refractivity contribution in [3.8, 4) is 0 Å². The van der Waals surface area contributed by atoms with E-state index < -0.39 is 12.2 Å². The Bertz CT molecular complexity index is 965. The van der Waals surface area contributed by atoms with Crippen LogP contribution in [0.2, 0.25) is 0 Å². The van der Waals surface area contributed by atoms with E-state index >= 15 is 0 Å². The highest BCUT2D eigenvalue weighted by Crippen LogP contribution is 2.21. The van der Waals surface area contributed by atoms with Crippen molar-refractivity contribution < 1.29 is 19.1 Å². The molecule has 2 heterocycles. The molecule has 2 N–H and O–H groups in total. The zero-order chi connectivity index (χ0) is 20.5. The summed E-state index contributed by atoms with van der Waals surface area (Å²) in [7, 11) is 0.